The van der Waals surface area contributed by atoms with Gasteiger partial charge in [0, 0.05) is 17.5 Å². The van der Waals surface area contributed by atoms with Gasteiger partial charge in [0.25, 0.3) is 0 Å². The molecule has 0 N–H and O–H groups in total. The van der Waals surface area contributed by atoms with E-state index in [-0.39, 0.29) is 6.79 Å². The summed E-state index contributed by atoms with van der Waals surface area (Å²) >= 11 is 1.55. The van der Waals surface area contributed by atoms with Gasteiger partial charge in [0.15, 0.2) is 11.5 Å². The lowest BCUT2D eigenvalue weighted by atomic mass is 10.1. The second-order valence-electron chi connectivity index (χ2n) is 6.87. The van der Waals surface area contributed by atoms with E-state index in [2.05, 4.69) is 6.92 Å². The predicted molar refractivity (Wildman–Crippen MR) is 122 cm³/mol. The van der Waals surface area contributed by atoms with Crippen LogP contribution < -0.4 is 23.7 Å². The average Bonchev–Trinajstić information content (AvgIpc) is 3.43. The first-order valence-corrected chi connectivity index (χ1v) is 11.0. The van der Waals surface area contributed by atoms with Gasteiger partial charge in [-0.05, 0) is 48.4 Å². The maximum atomic E-state index is 5.60. The molecule has 1 aromatic heterocycles. The van der Waals surface area contributed by atoms with Crippen molar-refractivity contribution in [2.45, 2.75) is 19.8 Å². The summed E-state index contributed by atoms with van der Waals surface area (Å²) in [5, 5.41) is 6.80. The summed E-state index contributed by atoms with van der Waals surface area (Å²) < 4.78 is 23.7. The Hall–Kier alpha value is -3.26. The molecule has 0 spiro atoms. The van der Waals surface area contributed by atoms with E-state index in [4.69, 9.17) is 29.0 Å². The number of hydrogen-bond acceptors (Lipinski definition) is 7. The summed E-state index contributed by atoms with van der Waals surface area (Å²) in [6, 6.07) is 11.5. The number of nitrogens with zero attached hydrogens (tertiary/aromatic N) is 3. The Bertz CT molecular complexity index is 1150. The number of unbranched alkanes of at least 4 members (excludes halogenated alkanes) is 1. The number of thiazole rings is 1. The monoisotopic (exact) mass is 439 g/mol. The van der Waals surface area contributed by atoms with E-state index in [1.807, 2.05) is 46.5 Å². The third-order valence-electron chi connectivity index (χ3n) is 4.85. The fourth-order valence-electron chi connectivity index (χ4n) is 3.17. The smallest absolute Gasteiger partial charge is 0.231 e. The van der Waals surface area contributed by atoms with Gasteiger partial charge >= 0.3 is 0 Å². The van der Waals surface area contributed by atoms with Crippen LogP contribution in [0.15, 0.2) is 51.9 Å². The molecule has 162 valence electrons. The van der Waals surface area contributed by atoms with Gasteiger partial charge in [-0.2, -0.15) is 5.10 Å². The van der Waals surface area contributed by atoms with Crippen molar-refractivity contribution in [3.05, 3.63) is 52.1 Å². The summed E-state index contributed by atoms with van der Waals surface area (Å²) in [5.41, 5.74) is 2.68. The largest absolute Gasteiger partial charge is 0.497 e. The van der Waals surface area contributed by atoms with Crippen molar-refractivity contribution in [1.82, 2.24) is 4.68 Å². The Balaban J connectivity index is 1.78. The summed E-state index contributed by atoms with van der Waals surface area (Å²) in [7, 11) is 3.31. The van der Waals surface area contributed by atoms with Gasteiger partial charge in [0.05, 0.1) is 26.1 Å². The van der Waals surface area contributed by atoms with Gasteiger partial charge in [-0.1, -0.05) is 13.3 Å². The minimum absolute atomic E-state index is 0.245. The highest BCUT2D eigenvalue weighted by Crippen LogP contribution is 2.34. The molecule has 0 amide bonds. The Kier molecular flexibility index (Phi) is 6.57. The number of hydrogen-bond donors (Lipinski definition) is 0. The van der Waals surface area contributed by atoms with E-state index >= 15 is 0 Å². The first kappa shape index (κ1) is 21.0. The molecule has 0 saturated heterocycles. The molecule has 0 unspecified atom stereocenters. The van der Waals surface area contributed by atoms with Gasteiger partial charge in [0.2, 0.25) is 11.6 Å². The number of aromatic nitrogens is 1. The van der Waals surface area contributed by atoms with Crippen molar-refractivity contribution in [1.29, 1.82) is 0 Å². The third kappa shape index (κ3) is 4.59. The molecule has 8 heteroatoms. The van der Waals surface area contributed by atoms with E-state index in [1.165, 1.54) is 0 Å². The van der Waals surface area contributed by atoms with Crippen molar-refractivity contribution in [2.24, 2.45) is 10.1 Å². The summed E-state index contributed by atoms with van der Waals surface area (Å²) in [6.07, 6.45) is 3.91. The van der Waals surface area contributed by atoms with Crippen molar-refractivity contribution in [3.8, 4) is 34.3 Å². The van der Waals surface area contributed by atoms with E-state index in [1.54, 1.807) is 31.8 Å². The molecule has 1 aliphatic rings. The van der Waals surface area contributed by atoms with Crippen LogP contribution in [0.25, 0.3) is 11.3 Å². The van der Waals surface area contributed by atoms with Crippen LogP contribution in [0, 0.1) is 0 Å². The molecule has 0 atom stereocenters. The lowest BCUT2D eigenvalue weighted by molar-refractivity contribution is 0.174. The summed E-state index contributed by atoms with van der Waals surface area (Å²) in [4.78, 5) is 5.59. The lowest BCUT2D eigenvalue weighted by Crippen LogP contribution is -2.13. The van der Waals surface area contributed by atoms with Crippen LogP contribution in [0.1, 0.15) is 25.3 Å². The molecule has 0 saturated carbocycles. The fraction of sp³-hybridized carbons (Fsp3) is 0.304. The minimum Gasteiger partial charge on any atom is -0.497 e. The molecule has 31 heavy (non-hydrogen) atoms. The number of methoxy groups -OCH3 is 2. The Morgan fingerprint density at radius 3 is 2.77 bits per heavy atom. The number of fused-ring (bicyclic) bond motifs is 1. The quantitative estimate of drug-likeness (QED) is 0.382. The molecule has 1 aliphatic heterocycles. The first-order valence-electron chi connectivity index (χ1n) is 10.1. The van der Waals surface area contributed by atoms with E-state index in [0.29, 0.717) is 0 Å². The van der Waals surface area contributed by atoms with Gasteiger partial charge < -0.3 is 18.9 Å². The third-order valence-corrected chi connectivity index (χ3v) is 5.70. The van der Waals surface area contributed by atoms with Crippen LogP contribution in [-0.2, 0) is 0 Å². The van der Waals surface area contributed by atoms with Gasteiger partial charge in [-0.3, -0.25) is 4.99 Å². The Labute approximate surface area is 185 Å². The van der Waals surface area contributed by atoms with Crippen LogP contribution in [0.4, 0.5) is 0 Å². The Morgan fingerprint density at radius 2 is 1.97 bits per heavy atom. The first-order chi connectivity index (χ1) is 15.2. The average molecular weight is 440 g/mol. The fourth-order valence-corrected chi connectivity index (χ4v) is 4.02. The standard InChI is InChI=1S/C23H25N3O4S/c1-4-5-10-24-23-26(25-13-16-6-8-21-22(11-16)30-15-29-21)19(14-31-23)18-12-17(27-2)7-9-20(18)28-3/h6-9,11-14H,4-5,10,15H2,1-3H3/b24-23?,25-13+. The number of rotatable bonds is 8. The zero-order valence-corrected chi connectivity index (χ0v) is 18.6. The normalized spacial score (nSPS) is 13.2. The molecule has 7 nitrogen and oxygen atoms in total. The lowest BCUT2D eigenvalue weighted by Gasteiger charge is -2.11. The van der Waals surface area contributed by atoms with Crippen LogP contribution in [0.3, 0.4) is 0 Å². The van der Waals surface area contributed by atoms with Crippen molar-refractivity contribution in [2.75, 3.05) is 27.6 Å². The van der Waals surface area contributed by atoms with Crippen LogP contribution in [0.5, 0.6) is 23.0 Å². The van der Waals surface area contributed by atoms with Crippen molar-refractivity contribution >= 4 is 17.6 Å². The second kappa shape index (κ2) is 9.70. The maximum Gasteiger partial charge on any atom is 0.231 e. The van der Waals surface area contributed by atoms with E-state index < -0.39 is 0 Å². The predicted octanol–water partition coefficient (Wildman–Crippen LogP) is 4.55. The van der Waals surface area contributed by atoms with Crippen molar-refractivity contribution < 1.29 is 18.9 Å². The molecule has 2 heterocycles. The zero-order chi connectivity index (χ0) is 21.6. The maximum absolute atomic E-state index is 5.60. The molecule has 4 rings (SSSR count). The minimum atomic E-state index is 0.245. The van der Waals surface area contributed by atoms with Gasteiger partial charge in [-0.25, -0.2) is 4.68 Å². The highest BCUT2D eigenvalue weighted by atomic mass is 32.1. The summed E-state index contributed by atoms with van der Waals surface area (Å²) in [5.74, 6) is 2.96. The number of ether oxygens (including phenoxy) is 4. The molecule has 0 bridgehead atoms. The molecule has 0 aliphatic carbocycles. The van der Waals surface area contributed by atoms with Gasteiger partial charge in [0.1, 0.15) is 11.5 Å². The van der Waals surface area contributed by atoms with E-state index in [9.17, 15) is 0 Å². The topological polar surface area (TPSA) is 66.6 Å². The zero-order valence-electron chi connectivity index (χ0n) is 17.8. The molecular formula is C23H25N3O4S. The Morgan fingerprint density at radius 1 is 1.10 bits per heavy atom. The van der Waals surface area contributed by atoms with Crippen LogP contribution in [-0.4, -0.2) is 38.4 Å². The van der Waals surface area contributed by atoms with Crippen LogP contribution in [0.2, 0.25) is 0 Å². The van der Waals surface area contributed by atoms with Gasteiger partial charge in [-0.15, -0.1) is 11.3 Å². The molecule has 2 aromatic carbocycles. The molecule has 0 fully saturated rings. The highest BCUT2D eigenvalue weighted by Gasteiger charge is 2.15. The van der Waals surface area contributed by atoms with Crippen LogP contribution >= 0.6 is 11.3 Å². The van der Waals surface area contributed by atoms with E-state index in [0.717, 1.165) is 64.0 Å². The highest BCUT2D eigenvalue weighted by molar-refractivity contribution is 7.07. The SMILES string of the molecule is CCCCN=c1scc(-c2cc(OC)ccc2OC)n1/N=C/c1ccc2c(c1)OCO2. The summed E-state index contributed by atoms with van der Waals surface area (Å²) in [6.45, 7) is 3.16. The molecule has 3 aromatic rings. The molecule has 0 radical (unpaired) electrons. The molecular weight excluding hydrogens is 414 g/mol. The number of benzene rings is 2. The van der Waals surface area contributed by atoms with Crippen molar-refractivity contribution in [3.63, 3.8) is 0 Å². The second-order valence-corrected chi connectivity index (χ2v) is 7.71.